The first-order chi connectivity index (χ1) is 7.76. The average molecular weight is 217 g/mol. The van der Waals surface area contributed by atoms with Gasteiger partial charge in [0.15, 0.2) is 0 Å². The van der Waals surface area contributed by atoms with Crippen molar-refractivity contribution in [3.63, 3.8) is 0 Å². The molecule has 0 saturated carbocycles. The molecule has 0 saturated heterocycles. The Bertz CT molecular complexity index is 350. The molecule has 0 heterocycles. The fraction of sp³-hybridized carbons (Fsp3) is 0.143. The van der Waals surface area contributed by atoms with Crippen LogP contribution in [0.4, 0.5) is 5.69 Å². The van der Waals surface area contributed by atoms with E-state index in [2.05, 4.69) is 13.2 Å². The number of hydrogen-bond acceptors (Lipinski definition) is 2. The predicted octanol–water partition coefficient (Wildman–Crippen LogP) is 3.93. The molecule has 1 aromatic carbocycles. The minimum Gasteiger partial charge on any atom is -0.457 e. The van der Waals surface area contributed by atoms with Gasteiger partial charge in [-0.15, -0.1) is 0 Å². The standard InChI is InChI=1S/C12H13NO.C2H6/c1-3-5-11(4-2)14-12-8-6-10(13)7-9-12;1-2/h3-9H,1-2,13H2;1-2H3/b11-5+;. The molecular formula is C14H19NO. The Morgan fingerprint density at radius 1 is 1.19 bits per heavy atom. The number of allylic oxidation sites excluding steroid dienone is 3. The largest absolute Gasteiger partial charge is 0.457 e. The lowest BCUT2D eigenvalue weighted by atomic mass is 10.3. The normalized spacial score (nSPS) is 9.75. The summed E-state index contributed by atoms with van der Waals surface area (Å²) in [5.41, 5.74) is 6.26. The van der Waals surface area contributed by atoms with Gasteiger partial charge in [0.05, 0.1) is 0 Å². The van der Waals surface area contributed by atoms with Crippen LogP contribution in [-0.2, 0) is 0 Å². The summed E-state index contributed by atoms with van der Waals surface area (Å²) < 4.78 is 5.48. The molecule has 0 spiro atoms. The molecule has 0 aliphatic heterocycles. The highest BCUT2D eigenvalue weighted by molar-refractivity contribution is 5.42. The van der Waals surface area contributed by atoms with Gasteiger partial charge in [-0.2, -0.15) is 0 Å². The monoisotopic (exact) mass is 217 g/mol. The van der Waals surface area contributed by atoms with E-state index in [-0.39, 0.29) is 0 Å². The Hall–Kier alpha value is -1.96. The van der Waals surface area contributed by atoms with E-state index in [0.717, 1.165) is 5.75 Å². The zero-order valence-electron chi connectivity index (χ0n) is 9.94. The fourth-order valence-corrected chi connectivity index (χ4v) is 0.932. The van der Waals surface area contributed by atoms with Crippen LogP contribution >= 0.6 is 0 Å². The summed E-state index contributed by atoms with van der Waals surface area (Å²) >= 11 is 0. The Labute approximate surface area is 97.7 Å². The summed E-state index contributed by atoms with van der Waals surface area (Å²) in [6, 6.07) is 7.17. The molecule has 1 aromatic rings. The lowest BCUT2D eigenvalue weighted by Gasteiger charge is -2.05. The molecule has 2 heteroatoms. The second-order valence-corrected chi connectivity index (χ2v) is 2.68. The molecule has 86 valence electrons. The van der Waals surface area contributed by atoms with Gasteiger partial charge in [0.25, 0.3) is 0 Å². The van der Waals surface area contributed by atoms with E-state index in [1.807, 2.05) is 13.8 Å². The molecule has 0 aromatic heterocycles. The minimum atomic E-state index is 0.657. The lowest BCUT2D eigenvalue weighted by Crippen LogP contribution is -1.91. The third kappa shape index (κ3) is 5.05. The Kier molecular flexibility index (Phi) is 7.33. The van der Waals surface area contributed by atoms with E-state index in [9.17, 15) is 0 Å². The zero-order valence-corrected chi connectivity index (χ0v) is 9.94. The molecule has 0 aliphatic carbocycles. The van der Waals surface area contributed by atoms with Crippen LogP contribution in [0.25, 0.3) is 0 Å². The number of anilines is 1. The smallest absolute Gasteiger partial charge is 0.127 e. The summed E-state index contributed by atoms with van der Waals surface area (Å²) in [5, 5.41) is 0. The maximum absolute atomic E-state index is 5.54. The molecule has 0 radical (unpaired) electrons. The van der Waals surface area contributed by atoms with E-state index in [1.165, 1.54) is 0 Å². The van der Waals surface area contributed by atoms with E-state index in [0.29, 0.717) is 11.4 Å². The van der Waals surface area contributed by atoms with Crippen molar-refractivity contribution in [3.05, 3.63) is 61.4 Å². The first-order valence-corrected chi connectivity index (χ1v) is 5.25. The highest BCUT2D eigenvalue weighted by atomic mass is 16.5. The topological polar surface area (TPSA) is 35.2 Å². The van der Waals surface area contributed by atoms with E-state index >= 15 is 0 Å². The van der Waals surface area contributed by atoms with Gasteiger partial charge in [0.2, 0.25) is 0 Å². The van der Waals surface area contributed by atoms with Crippen LogP contribution in [-0.4, -0.2) is 0 Å². The van der Waals surface area contributed by atoms with E-state index in [1.54, 1.807) is 42.5 Å². The second kappa shape index (κ2) is 8.36. The van der Waals surface area contributed by atoms with Crippen molar-refractivity contribution in [3.8, 4) is 5.75 Å². The second-order valence-electron chi connectivity index (χ2n) is 2.68. The average Bonchev–Trinajstić information content (AvgIpc) is 2.34. The first kappa shape index (κ1) is 14.0. The summed E-state index contributed by atoms with van der Waals surface area (Å²) in [4.78, 5) is 0. The number of nitrogens with two attached hydrogens (primary N) is 1. The third-order valence-electron chi connectivity index (χ3n) is 1.60. The third-order valence-corrected chi connectivity index (χ3v) is 1.60. The van der Waals surface area contributed by atoms with Crippen LogP contribution in [0.1, 0.15) is 13.8 Å². The zero-order chi connectivity index (χ0) is 12.4. The first-order valence-electron chi connectivity index (χ1n) is 5.25. The van der Waals surface area contributed by atoms with Crippen molar-refractivity contribution in [2.24, 2.45) is 0 Å². The van der Waals surface area contributed by atoms with Crippen LogP contribution in [0, 0.1) is 0 Å². The number of nitrogen functional groups attached to an aromatic ring is 1. The van der Waals surface area contributed by atoms with Gasteiger partial charge < -0.3 is 10.5 Å². The molecule has 2 nitrogen and oxygen atoms in total. The molecule has 2 N–H and O–H groups in total. The molecule has 16 heavy (non-hydrogen) atoms. The number of ether oxygens (including phenoxy) is 1. The van der Waals surface area contributed by atoms with Crippen molar-refractivity contribution in [1.82, 2.24) is 0 Å². The van der Waals surface area contributed by atoms with Crippen LogP contribution in [0.15, 0.2) is 61.4 Å². The highest BCUT2D eigenvalue weighted by Gasteiger charge is 1.94. The molecule has 1 rings (SSSR count). The van der Waals surface area contributed by atoms with Crippen LogP contribution in [0.2, 0.25) is 0 Å². The maximum atomic E-state index is 5.54. The lowest BCUT2D eigenvalue weighted by molar-refractivity contribution is 0.445. The summed E-state index contributed by atoms with van der Waals surface area (Å²) in [7, 11) is 0. The van der Waals surface area contributed by atoms with Gasteiger partial charge in [-0.1, -0.05) is 33.1 Å². The van der Waals surface area contributed by atoms with Gasteiger partial charge in [-0.25, -0.2) is 0 Å². The molecule has 0 bridgehead atoms. The van der Waals surface area contributed by atoms with Gasteiger partial charge in [-0.05, 0) is 36.4 Å². The molecule has 0 atom stereocenters. The molecule has 0 aliphatic rings. The van der Waals surface area contributed by atoms with Crippen molar-refractivity contribution >= 4 is 5.69 Å². The minimum absolute atomic E-state index is 0.657. The van der Waals surface area contributed by atoms with Crippen LogP contribution in [0.5, 0.6) is 5.75 Å². The van der Waals surface area contributed by atoms with Gasteiger partial charge in [-0.3, -0.25) is 0 Å². The van der Waals surface area contributed by atoms with E-state index < -0.39 is 0 Å². The maximum Gasteiger partial charge on any atom is 0.127 e. The molecule has 0 fully saturated rings. The summed E-state index contributed by atoms with van der Waals surface area (Å²) in [6.45, 7) is 11.2. The summed E-state index contributed by atoms with van der Waals surface area (Å²) in [5.74, 6) is 1.39. The van der Waals surface area contributed by atoms with Gasteiger partial charge in [0.1, 0.15) is 11.5 Å². The van der Waals surface area contributed by atoms with Crippen LogP contribution < -0.4 is 10.5 Å². The molecule has 0 unspecified atom stereocenters. The van der Waals surface area contributed by atoms with Crippen molar-refractivity contribution in [2.75, 3.05) is 5.73 Å². The number of rotatable bonds is 4. The Balaban J connectivity index is 0.00000106. The van der Waals surface area contributed by atoms with Crippen molar-refractivity contribution in [1.29, 1.82) is 0 Å². The molecular weight excluding hydrogens is 198 g/mol. The molecule has 0 amide bonds. The quantitative estimate of drug-likeness (QED) is 0.471. The van der Waals surface area contributed by atoms with Crippen molar-refractivity contribution in [2.45, 2.75) is 13.8 Å². The van der Waals surface area contributed by atoms with E-state index in [4.69, 9.17) is 10.5 Å². The van der Waals surface area contributed by atoms with Crippen molar-refractivity contribution < 1.29 is 4.74 Å². The fourth-order valence-electron chi connectivity index (χ4n) is 0.932. The Morgan fingerprint density at radius 3 is 2.19 bits per heavy atom. The number of hydrogen-bond donors (Lipinski definition) is 1. The van der Waals surface area contributed by atoms with Gasteiger partial charge in [0, 0.05) is 5.69 Å². The Morgan fingerprint density at radius 2 is 1.75 bits per heavy atom. The predicted molar refractivity (Wildman–Crippen MR) is 71.3 cm³/mol. The highest BCUT2D eigenvalue weighted by Crippen LogP contribution is 2.16. The number of benzene rings is 1. The van der Waals surface area contributed by atoms with Crippen LogP contribution in [0.3, 0.4) is 0 Å². The summed E-state index contributed by atoms with van der Waals surface area (Å²) in [6.07, 6.45) is 5.01. The SMILES string of the molecule is C=C/C=C(\C=C)Oc1ccc(N)cc1.CC. The van der Waals surface area contributed by atoms with Gasteiger partial charge >= 0.3 is 0 Å².